The van der Waals surface area contributed by atoms with Gasteiger partial charge < -0.3 is 20.5 Å². The highest BCUT2D eigenvalue weighted by atomic mass is 16.5. The van der Waals surface area contributed by atoms with Gasteiger partial charge >= 0.3 is 5.97 Å². The van der Waals surface area contributed by atoms with Gasteiger partial charge in [0.1, 0.15) is 6.04 Å². The Labute approximate surface area is 101 Å². The van der Waals surface area contributed by atoms with Crippen molar-refractivity contribution in [3.63, 3.8) is 0 Å². The Morgan fingerprint density at radius 1 is 1.59 bits per heavy atom. The minimum atomic E-state index is -0.944. The predicted octanol–water partition coefficient (Wildman–Crippen LogP) is -0.184. The van der Waals surface area contributed by atoms with Crippen molar-refractivity contribution in [2.45, 2.75) is 37.8 Å². The molecule has 1 amide bonds. The van der Waals surface area contributed by atoms with Crippen molar-refractivity contribution in [3.8, 4) is 0 Å². The number of aliphatic carboxylic acids is 1. The summed E-state index contributed by atoms with van der Waals surface area (Å²) in [5, 5.41) is 8.97. The summed E-state index contributed by atoms with van der Waals surface area (Å²) < 4.78 is 4.88. The average molecular weight is 244 g/mol. The van der Waals surface area contributed by atoms with Crippen molar-refractivity contribution in [2.24, 2.45) is 5.73 Å². The van der Waals surface area contributed by atoms with Gasteiger partial charge in [-0.15, -0.1) is 0 Å². The van der Waals surface area contributed by atoms with E-state index < -0.39 is 18.1 Å². The van der Waals surface area contributed by atoms with E-state index in [0.717, 1.165) is 6.42 Å². The van der Waals surface area contributed by atoms with Crippen LogP contribution >= 0.6 is 0 Å². The predicted molar refractivity (Wildman–Crippen MR) is 61.5 cm³/mol. The molecular formula is C11H20N2O4. The number of carbonyl (C=O) groups is 2. The number of nitrogens with zero attached hydrogens (tertiary/aromatic N) is 1. The number of carboxylic acids is 1. The van der Waals surface area contributed by atoms with Crippen LogP contribution in [0.25, 0.3) is 0 Å². The van der Waals surface area contributed by atoms with Crippen molar-refractivity contribution in [1.82, 2.24) is 4.90 Å². The molecule has 1 aliphatic heterocycles. The highest BCUT2D eigenvalue weighted by Gasteiger charge is 2.35. The van der Waals surface area contributed by atoms with Gasteiger partial charge in [0.05, 0.1) is 6.04 Å². The number of nitrogens with two attached hydrogens (primary N) is 1. The van der Waals surface area contributed by atoms with Crippen molar-refractivity contribution >= 4 is 11.9 Å². The average Bonchev–Trinajstić information content (AvgIpc) is 2.77. The first kappa shape index (κ1) is 13.9. The fourth-order valence-electron chi connectivity index (χ4n) is 2.07. The van der Waals surface area contributed by atoms with Gasteiger partial charge in [-0.1, -0.05) is 0 Å². The maximum absolute atomic E-state index is 12.0. The number of amides is 1. The molecule has 1 fully saturated rings. The second kappa shape index (κ2) is 6.56. The van der Waals surface area contributed by atoms with Crippen LogP contribution in [0.3, 0.4) is 0 Å². The zero-order valence-corrected chi connectivity index (χ0v) is 10.1. The Balaban J connectivity index is 2.47. The number of hydrogen-bond acceptors (Lipinski definition) is 4. The zero-order valence-electron chi connectivity index (χ0n) is 10.1. The highest BCUT2D eigenvalue weighted by molar-refractivity contribution is 5.87. The van der Waals surface area contributed by atoms with Crippen LogP contribution in [-0.2, 0) is 14.3 Å². The molecule has 1 heterocycles. The number of likely N-dealkylation sites (tertiary alicyclic amines) is 1. The minimum Gasteiger partial charge on any atom is -0.480 e. The third-order valence-corrected chi connectivity index (χ3v) is 3.00. The van der Waals surface area contributed by atoms with Gasteiger partial charge in [0.15, 0.2) is 0 Å². The lowest BCUT2D eigenvalue weighted by atomic mass is 10.1. The summed E-state index contributed by atoms with van der Waals surface area (Å²) in [4.78, 5) is 24.3. The fourth-order valence-corrected chi connectivity index (χ4v) is 2.07. The lowest BCUT2D eigenvalue weighted by Crippen LogP contribution is -2.48. The van der Waals surface area contributed by atoms with Crippen LogP contribution in [-0.4, -0.2) is 54.2 Å². The lowest BCUT2D eigenvalue weighted by Gasteiger charge is -2.24. The van der Waals surface area contributed by atoms with Crippen LogP contribution in [0.2, 0.25) is 0 Å². The maximum Gasteiger partial charge on any atom is 0.326 e. The highest BCUT2D eigenvalue weighted by Crippen LogP contribution is 2.18. The molecule has 98 valence electrons. The quantitative estimate of drug-likeness (QED) is 0.632. The van der Waals surface area contributed by atoms with Gasteiger partial charge in [0.25, 0.3) is 0 Å². The molecule has 0 bridgehead atoms. The molecule has 17 heavy (non-hydrogen) atoms. The van der Waals surface area contributed by atoms with Gasteiger partial charge in [0.2, 0.25) is 5.91 Å². The standard InChI is InChI=1S/C11H20N2O4/c1-17-7-3-4-8(12)10(14)13-6-2-5-9(13)11(15)16/h8-9H,2-7,12H2,1H3,(H,15,16)/t8?,9-/m0/s1. The molecule has 2 atom stereocenters. The molecule has 1 unspecified atom stereocenters. The third-order valence-electron chi connectivity index (χ3n) is 3.00. The van der Waals surface area contributed by atoms with Crippen LogP contribution in [0.5, 0.6) is 0 Å². The minimum absolute atomic E-state index is 0.258. The molecule has 0 aromatic heterocycles. The molecular weight excluding hydrogens is 224 g/mol. The van der Waals surface area contributed by atoms with E-state index in [2.05, 4.69) is 0 Å². The van der Waals surface area contributed by atoms with Gasteiger partial charge in [0, 0.05) is 20.3 Å². The van der Waals surface area contributed by atoms with E-state index in [1.165, 1.54) is 4.90 Å². The first-order chi connectivity index (χ1) is 8.07. The summed E-state index contributed by atoms with van der Waals surface area (Å²) in [5.74, 6) is -1.20. The molecule has 1 saturated heterocycles. The van der Waals surface area contributed by atoms with Crippen LogP contribution in [0, 0.1) is 0 Å². The van der Waals surface area contributed by atoms with Crippen molar-refractivity contribution in [3.05, 3.63) is 0 Å². The molecule has 1 rings (SSSR count). The fraction of sp³-hybridized carbons (Fsp3) is 0.818. The van der Waals surface area contributed by atoms with Gasteiger partial charge in [-0.05, 0) is 25.7 Å². The molecule has 6 heteroatoms. The van der Waals surface area contributed by atoms with Crippen LogP contribution in [0.15, 0.2) is 0 Å². The smallest absolute Gasteiger partial charge is 0.326 e. The molecule has 6 nitrogen and oxygen atoms in total. The summed E-state index contributed by atoms with van der Waals surface area (Å²) in [6.45, 7) is 1.05. The van der Waals surface area contributed by atoms with Gasteiger partial charge in [-0.3, -0.25) is 4.79 Å². The van der Waals surface area contributed by atoms with E-state index in [9.17, 15) is 9.59 Å². The van der Waals surface area contributed by atoms with Crippen LogP contribution in [0.4, 0.5) is 0 Å². The Morgan fingerprint density at radius 2 is 2.29 bits per heavy atom. The summed E-state index contributed by atoms with van der Waals surface area (Å²) >= 11 is 0. The molecule has 0 aromatic rings. The number of carbonyl (C=O) groups excluding carboxylic acids is 1. The Hall–Kier alpha value is -1.14. The number of ether oxygens (including phenoxy) is 1. The molecule has 0 aliphatic carbocycles. The lowest BCUT2D eigenvalue weighted by molar-refractivity contribution is -0.148. The zero-order chi connectivity index (χ0) is 12.8. The first-order valence-corrected chi connectivity index (χ1v) is 5.85. The summed E-state index contributed by atoms with van der Waals surface area (Å²) in [6.07, 6.45) is 2.48. The second-order valence-corrected chi connectivity index (χ2v) is 4.27. The number of carboxylic acid groups (broad SMARTS) is 1. The summed E-state index contributed by atoms with van der Waals surface area (Å²) in [5.41, 5.74) is 5.76. The van der Waals surface area contributed by atoms with Gasteiger partial charge in [-0.25, -0.2) is 4.79 Å². The molecule has 0 aromatic carbocycles. The van der Waals surface area contributed by atoms with E-state index in [-0.39, 0.29) is 5.91 Å². The molecule has 3 N–H and O–H groups in total. The van der Waals surface area contributed by atoms with E-state index >= 15 is 0 Å². The first-order valence-electron chi connectivity index (χ1n) is 5.85. The Bertz CT molecular complexity index is 283. The summed E-state index contributed by atoms with van der Waals surface area (Å²) in [7, 11) is 1.59. The maximum atomic E-state index is 12.0. The Morgan fingerprint density at radius 3 is 2.88 bits per heavy atom. The van der Waals surface area contributed by atoms with Crippen molar-refractivity contribution < 1.29 is 19.4 Å². The van der Waals surface area contributed by atoms with Crippen molar-refractivity contribution in [1.29, 1.82) is 0 Å². The van der Waals surface area contributed by atoms with Crippen LogP contribution < -0.4 is 5.73 Å². The SMILES string of the molecule is COCCCC(N)C(=O)N1CCC[C@H]1C(=O)O. The van der Waals surface area contributed by atoms with E-state index in [0.29, 0.717) is 32.4 Å². The van der Waals surface area contributed by atoms with E-state index in [4.69, 9.17) is 15.6 Å². The number of hydrogen-bond donors (Lipinski definition) is 2. The van der Waals surface area contributed by atoms with E-state index in [1.807, 2.05) is 0 Å². The van der Waals surface area contributed by atoms with Crippen molar-refractivity contribution in [2.75, 3.05) is 20.3 Å². The largest absolute Gasteiger partial charge is 0.480 e. The van der Waals surface area contributed by atoms with E-state index in [1.54, 1.807) is 7.11 Å². The normalized spacial score (nSPS) is 21.5. The molecule has 0 radical (unpaired) electrons. The monoisotopic (exact) mass is 244 g/mol. The second-order valence-electron chi connectivity index (χ2n) is 4.27. The Kier molecular flexibility index (Phi) is 5.37. The van der Waals surface area contributed by atoms with Crippen LogP contribution in [0.1, 0.15) is 25.7 Å². The topological polar surface area (TPSA) is 92.9 Å². The molecule has 1 aliphatic rings. The molecule has 0 saturated carbocycles. The number of rotatable bonds is 6. The van der Waals surface area contributed by atoms with Gasteiger partial charge in [-0.2, -0.15) is 0 Å². The molecule has 0 spiro atoms. The third kappa shape index (κ3) is 3.67. The number of methoxy groups -OCH3 is 1. The summed E-state index contributed by atoms with van der Waals surface area (Å²) in [6, 6.07) is -1.32.